The molecule has 1 aromatic heterocycles. The Hall–Kier alpha value is -0.880. The van der Waals surface area contributed by atoms with Crippen LogP contribution in [-0.4, -0.2) is 51.6 Å². The predicted octanol–water partition coefficient (Wildman–Crippen LogP) is 0.519. The molecule has 0 aromatic carbocycles. The Morgan fingerprint density at radius 3 is 2.67 bits per heavy atom. The number of aliphatic hydroxyl groups is 3. The number of hydrogen-bond acceptors (Lipinski definition) is 5. The highest BCUT2D eigenvalue weighted by atomic mass is 16.4. The van der Waals surface area contributed by atoms with Crippen LogP contribution >= 0.6 is 0 Å². The highest BCUT2D eigenvalue weighted by molar-refractivity contribution is 5.13. The third-order valence-electron chi connectivity index (χ3n) is 3.64. The number of hydrogen-bond donors (Lipinski definition) is 3. The molecule has 3 N–H and O–H groups in total. The molecule has 4 atom stereocenters. The number of nitrogens with zero attached hydrogens (tertiary/aromatic N) is 1. The summed E-state index contributed by atoms with van der Waals surface area (Å²) in [6, 6.07) is 2.75. The van der Waals surface area contributed by atoms with Gasteiger partial charge in [-0.05, 0) is 25.1 Å². The van der Waals surface area contributed by atoms with Gasteiger partial charge in [-0.25, -0.2) is 0 Å². The van der Waals surface area contributed by atoms with Crippen molar-refractivity contribution in [1.82, 2.24) is 4.90 Å². The third kappa shape index (κ3) is 2.31. The van der Waals surface area contributed by atoms with Gasteiger partial charge in [0.2, 0.25) is 0 Å². The molecule has 1 aliphatic rings. The lowest BCUT2D eigenvalue weighted by molar-refractivity contribution is 0.0165. The van der Waals surface area contributed by atoms with Gasteiger partial charge in [-0.15, -0.1) is 0 Å². The standard InChI is InChI=1S/C13H21NO4/c1-2-3-6-14-9(8-15)12(16)13(17)11(14)10-5-4-7-18-10/h4-5,7,9,11-13,15-17H,2-3,6,8H2,1H3/t9-,11-,12-,13-/m0/s1. The number of furan rings is 1. The van der Waals surface area contributed by atoms with Crippen LogP contribution in [0.25, 0.3) is 0 Å². The van der Waals surface area contributed by atoms with Crippen LogP contribution in [0.2, 0.25) is 0 Å². The van der Waals surface area contributed by atoms with Gasteiger partial charge in [0.05, 0.1) is 31.1 Å². The van der Waals surface area contributed by atoms with Crippen LogP contribution in [0.15, 0.2) is 22.8 Å². The van der Waals surface area contributed by atoms with E-state index in [0.717, 1.165) is 19.4 Å². The van der Waals surface area contributed by atoms with E-state index in [1.807, 2.05) is 4.90 Å². The smallest absolute Gasteiger partial charge is 0.123 e. The quantitative estimate of drug-likeness (QED) is 0.715. The van der Waals surface area contributed by atoms with Gasteiger partial charge in [0.25, 0.3) is 0 Å². The molecule has 1 aromatic rings. The fourth-order valence-corrected chi connectivity index (χ4v) is 2.66. The molecular formula is C13H21NO4. The number of unbranched alkanes of at least 4 members (excludes halogenated alkanes) is 1. The van der Waals surface area contributed by atoms with Crippen molar-refractivity contribution in [2.24, 2.45) is 0 Å². The average Bonchev–Trinajstić information content (AvgIpc) is 2.95. The largest absolute Gasteiger partial charge is 0.468 e. The zero-order valence-electron chi connectivity index (χ0n) is 10.6. The van der Waals surface area contributed by atoms with Crippen molar-refractivity contribution in [2.45, 2.75) is 44.1 Å². The van der Waals surface area contributed by atoms with E-state index >= 15 is 0 Å². The number of rotatable bonds is 5. The van der Waals surface area contributed by atoms with E-state index in [4.69, 9.17) is 4.42 Å². The molecule has 18 heavy (non-hydrogen) atoms. The highest BCUT2D eigenvalue weighted by Gasteiger charge is 2.48. The van der Waals surface area contributed by atoms with E-state index in [1.165, 1.54) is 0 Å². The van der Waals surface area contributed by atoms with Gasteiger partial charge in [-0.1, -0.05) is 13.3 Å². The summed E-state index contributed by atoms with van der Waals surface area (Å²) in [6.45, 7) is 2.64. The first-order valence-corrected chi connectivity index (χ1v) is 6.46. The van der Waals surface area contributed by atoms with Crippen molar-refractivity contribution in [3.63, 3.8) is 0 Å². The maximum absolute atomic E-state index is 10.1. The molecule has 1 saturated heterocycles. The molecule has 2 rings (SSSR count). The van der Waals surface area contributed by atoms with E-state index in [0.29, 0.717) is 5.76 Å². The van der Waals surface area contributed by atoms with Crippen LogP contribution in [0.5, 0.6) is 0 Å². The zero-order valence-corrected chi connectivity index (χ0v) is 10.6. The van der Waals surface area contributed by atoms with Crippen LogP contribution in [0, 0.1) is 0 Å². The summed E-state index contributed by atoms with van der Waals surface area (Å²) in [6.07, 6.45) is 1.66. The minimum Gasteiger partial charge on any atom is -0.468 e. The molecule has 0 unspecified atom stereocenters. The first kappa shape index (κ1) is 13.5. The lowest BCUT2D eigenvalue weighted by Crippen LogP contribution is -2.39. The van der Waals surface area contributed by atoms with Gasteiger partial charge < -0.3 is 19.7 Å². The molecule has 0 bridgehead atoms. The summed E-state index contributed by atoms with van der Waals surface area (Å²) in [7, 11) is 0. The van der Waals surface area contributed by atoms with E-state index in [1.54, 1.807) is 18.4 Å². The molecule has 0 amide bonds. The first-order valence-electron chi connectivity index (χ1n) is 6.46. The zero-order chi connectivity index (χ0) is 13.1. The molecule has 0 saturated carbocycles. The van der Waals surface area contributed by atoms with Crippen molar-refractivity contribution in [3.05, 3.63) is 24.2 Å². The fourth-order valence-electron chi connectivity index (χ4n) is 2.66. The second-order valence-electron chi connectivity index (χ2n) is 4.78. The molecule has 102 valence electrons. The van der Waals surface area contributed by atoms with Crippen molar-refractivity contribution in [2.75, 3.05) is 13.2 Å². The van der Waals surface area contributed by atoms with Crippen molar-refractivity contribution in [3.8, 4) is 0 Å². The Morgan fingerprint density at radius 2 is 2.11 bits per heavy atom. The minimum atomic E-state index is -0.943. The van der Waals surface area contributed by atoms with Gasteiger partial charge in [0.1, 0.15) is 11.9 Å². The van der Waals surface area contributed by atoms with Gasteiger partial charge in [-0.2, -0.15) is 0 Å². The van der Waals surface area contributed by atoms with E-state index in [9.17, 15) is 15.3 Å². The Morgan fingerprint density at radius 1 is 1.33 bits per heavy atom. The molecular weight excluding hydrogens is 234 g/mol. The summed E-state index contributed by atoms with van der Waals surface area (Å²) in [5.41, 5.74) is 0. The average molecular weight is 255 g/mol. The van der Waals surface area contributed by atoms with Crippen molar-refractivity contribution < 1.29 is 19.7 Å². The molecule has 1 aliphatic heterocycles. The number of likely N-dealkylation sites (tertiary alicyclic amines) is 1. The Balaban J connectivity index is 2.23. The first-order chi connectivity index (χ1) is 8.70. The lowest BCUT2D eigenvalue weighted by Gasteiger charge is -2.28. The van der Waals surface area contributed by atoms with E-state index in [2.05, 4.69) is 6.92 Å². The summed E-state index contributed by atoms with van der Waals surface area (Å²) < 4.78 is 5.34. The Bertz CT molecular complexity index is 354. The molecule has 1 fully saturated rings. The minimum absolute atomic E-state index is 0.168. The Kier molecular flexibility index (Phi) is 4.40. The second-order valence-corrected chi connectivity index (χ2v) is 4.78. The SMILES string of the molecule is CCCCN1[C@@H](CO)[C@H](O)[C@@H](O)[C@@H]1c1ccco1. The molecule has 5 heteroatoms. The lowest BCUT2D eigenvalue weighted by atomic mass is 10.1. The predicted molar refractivity (Wildman–Crippen MR) is 66.0 cm³/mol. The third-order valence-corrected chi connectivity index (χ3v) is 3.64. The summed E-state index contributed by atoms with van der Waals surface area (Å²) >= 11 is 0. The van der Waals surface area contributed by atoms with Crippen LogP contribution in [-0.2, 0) is 0 Å². The van der Waals surface area contributed by atoms with Crippen LogP contribution in [0.4, 0.5) is 0 Å². The number of aliphatic hydroxyl groups excluding tert-OH is 3. The normalized spacial score (nSPS) is 33.1. The van der Waals surface area contributed by atoms with Gasteiger partial charge >= 0.3 is 0 Å². The molecule has 0 spiro atoms. The van der Waals surface area contributed by atoms with Gasteiger partial charge in [0.15, 0.2) is 0 Å². The van der Waals surface area contributed by atoms with Crippen LogP contribution in [0.3, 0.4) is 0 Å². The summed E-state index contributed by atoms with van der Waals surface area (Å²) in [5, 5.41) is 29.5. The van der Waals surface area contributed by atoms with E-state index < -0.39 is 18.2 Å². The molecule has 0 radical (unpaired) electrons. The second kappa shape index (κ2) is 5.84. The molecule has 2 heterocycles. The van der Waals surface area contributed by atoms with Gasteiger partial charge in [-0.3, -0.25) is 4.90 Å². The maximum Gasteiger partial charge on any atom is 0.123 e. The van der Waals surface area contributed by atoms with Crippen LogP contribution < -0.4 is 0 Å². The van der Waals surface area contributed by atoms with Crippen molar-refractivity contribution in [1.29, 1.82) is 0 Å². The monoisotopic (exact) mass is 255 g/mol. The highest BCUT2D eigenvalue weighted by Crippen LogP contribution is 2.36. The van der Waals surface area contributed by atoms with Crippen LogP contribution in [0.1, 0.15) is 31.6 Å². The Labute approximate surface area is 107 Å². The van der Waals surface area contributed by atoms with E-state index in [-0.39, 0.29) is 12.6 Å². The van der Waals surface area contributed by atoms with Gasteiger partial charge in [0, 0.05) is 0 Å². The fraction of sp³-hybridized carbons (Fsp3) is 0.692. The summed E-state index contributed by atoms with van der Waals surface area (Å²) in [4.78, 5) is 1.94. The summed E-state index contributed by atoms with van der Waals surface area (Å²) in [5.74, 6) is 0.633. The molecule has 5 nitrogen and oxygen atoms in total. The molecule has 0 aliphatic carbocycles. The van der Waals surface area contributed by atoms with Crippen molar-refractivity contribution >= 4 is 0 Å². The maximum atomic E-state index is 10.1. The topological polar surface area (TPSA) is 77.1 Å².